The first-order chi connectivity index (χ1) is 8.54. The molecular weight excluding hydrogens is 324 g/mol. The van der Waals surface area contributed by atoms with Crippen molar-refractivity contribution in [3.05, 3.63) is 34.1 Å². The van der Waals surface area contributed by atoms with Gasteiger partial charge in [0, 0.05) is 18.1 Å². The Morgan fingerprint density at radius 1 is 1.61 bits per heavy atom. The van der Waals surface area contributed by atoms with E-state index >= 15 is 0 Å². The molecule has 6 heteroatoms. The second-order valence-electron chi connectivity index (χ2n) is 3.72. The molecule has 1 aromatic carbocycles. The molecule has 0 aliphatic rings. The molecule has 1 amide bonds. The minimum Gasteiger partial charge on any atom is -0.383 e. The highest BCUT2D eigenvalue weighted by Crippen LogP contribution is 2.17. The number of rotatable bonds is 6. The molecule has 18 heavy (non-hydrogen) atoms. The minimum atomic E-state index is -0.446. The molecule has 0 aromatic heterocycles. The van der Waals surface area contributed by atoms with Crippen LogP contribution in [0.2, 0.25) is 0 Å². The van der Waals surface area contributed by atoms with Crippen LogP contribution < -0.4 is 5.32 Å². The molecule has 1 unspecified atom stereocenters. The Balaban J connectivity index is 2.48. The number of amides is 1. The van der Waals surface area contributed by atoms with Gasteiger partial charge in [0.1, 0.15) is 5.82 Å². The number of carbonyl (C=O) groups excluding carboxylic acids is 1. The average Bonchev–Trinajstić information content (AvgIpc) is 2.32. The fourth-order valence-corrected chi connectivity index (χ4v) is 2.04. The van der Waals surface area contributed by atoms with Gasteiger partial charge in [-0.05, 0) is 40.5 Å². The highest BCUT2D eigenvalue weighted by molar-refractivity contribution is 9.10. The molecule has 1 aromatic rings. The zero-order chi connectivity index (χ0) is 13.5. The van der Waals surface area contributed by atoms with Crippen molar-refractivity contribution in [2.45, 2.75) is 11.8 Å². The van der Waals surface area contributed by atoms with Crippen LogP contribution >= 0.6 is 27.5 Å². The van der Waals surface area contributed by atoms with Crippen LogP contribution in [0.15, 0.2) is 22.7 Å². The maximum absolute atomic E-state index is 13.0. The molecule has 0 spiro atoms. The Hall–Kier alpha value is -0.650. The predicted molar refractivity (Wildman–Crippen MR) is 72.6 cm³/mol. The summed E-state index contributed by atoms with van der Waals surface area (Å²) in [4.78, 5) is 11.8. The molecule has 1 rings (SSSR count). The van der Waals surface area contributed by atoms with Gasteiger partial charge in [-0.2, -0.15) is 0 Å². The SMILES string of the molecule is COCC(Cl)CCNC(=O)c1cc(F)ccc1Br. The lowest BCUT2D eigenvalue weighted by molar-refractivity contribution is 0.0950. The molecule has 1 N–H and O–H groups in total. The quantitative estimate of drug-likeness (QED) is 0.810. The number of alkyl halides is 1. The molecule has 1 atom stereocenters. The molecule has 0 saturated heterocycles. The molecule has 0 bridgehead atoms. The van der Waals surface area contributed by atoms with Crippen LogP contribution in [0.1, 0.15) is 16.8 Å². The van der Waals surface area contributed by atoms with Gasteiger partial charge in [-0.1, -0.05) is 0 Å². The average molecular weight is 339 g/mol. The van der Waals surface area contributed by atoms with Crippen molar-refractivity contribution in [2.75, 3.05) is 20.3 Å². The first-order valence-electron chi connectivity index (χ1n) is 5.41. The summed E-state index contributed by atoms with van der Waals surface area (Å²) in [6.07, 6.45) is 0.591. The van der Waals surface area contributed by atoms with Gasteiger partial charge in [0.2, 0.25) is 0 Å². The van der Waals surface area contributed by atoms with Gasteiger partial charge < -0.3 is 10.1 Å². The van der Waals surface area contributed by atoms with E-state index in [2.05, 4.69) is 21.2 Å². The largest absolute Gasteiger partial charge is 0.383 e. The van der Waals surface area contributed by atoms with E-state index < -0.39 is 5.82 Å². The fraction of sp³-hybridized carbons (Fsp3) is 0.417. The first kappa shape index (κ1) is 15.4. The zero-order valence-corrected chi connectivity index (χ0v) is 12.2. The summed E-state index contributed by atoms with van der Waals surface area (Å²) in [5.41, 5.74) is 0.271. The van der Waals surface area contributed by atoms with Crippen molar-refractivity contribution in [3.63, 3.8) is 0 Å². The lowest BCUT2D eigenvalue weighted by Gasteiger charge is -2.10. The molecule has 0 heterocycles. The number of benzene rings is 1. The summed E-state index contributed by atoms with van der Waals surface area (Å²) in [5.74, 6) is -0.777. The van der Waals surface area contributed by atoms with E-state index in [4.69, 9.17) is 16.3 Å². The summed E-state index contributed by atoms with van der Waals surface area (Å²) in [6.45, 7) is 0.848. The van der Waals surface area contributed by atoms with Crippen molar-refractivity contribution in [3.8, 4) is 0 Å². The van der Waals surface area contributed by atoms with Crippen LogP contribution in [-0.4, -0.2) is 31.5 Å². The lowest BCUT2D eigenvalue weighted by atomic mass is 10.2. The summed E-state index contributed by atoms with van der Waals surface area (Å²) >= 11 is 9.12. The van der Waals surface area contributed by atoms with E-state index in [1.54, 1.807) is 7.11 Å². The monoisotopic (exact) mass is 337 g/mol. The van der Waals surface area contributed by atoms with Crippen molar-refractivity contribution in [1.29, 1.82) is 0 Å². The maximum atomic E-state index is 13.0. The molecular formula is C12H14BrClFNO2. The summed E-state index contributed by atoms with van der Waals surface area (Å²) in [6, 6.07) is 3.97. The molecule has 0 saturated carbocycles. The molecule has 0 fully saturated rings. The number of hydrogen-bond acceptors (Lipinski definition) is 2. The third-order valence-electron chi connectivity index (χ3n) is 2.26. The van der Waals surface area contributed by atoms with Gasteiger partial charge in [0.05, 0.1) is 17.5 Å². The number of methoxy groups -OCH3 is 1. The van der Waals surface area contributed by atoms with Gasteiger partial charge in [-0.3, -0.25) is 4.79 Å². The third kappa shape index (κ3) is 4.92. The van der Waals surface area contributed by atoms with Crippen LogP contribution in [0.4, 0.5) is 4.39 Å². The Kier molecular flexibility index (Phi) is 6.60. The van der Waals surface area contributed by atoms with E-state index in [9.17, 15) is 9.18 Å². The first-order valence-corrected chi connectivity index (χ1v) is 6.63. The second kappa shape index (κ2) is 7.71. The number of halogens is 3. The van der Waals surface area contributed by atoms with Gasteiger partial charge in [0.15, 0.2) is 0 Å². The van der Waals surface area contributed by atoms with Crippen molar-refractivity contribution in [1.82, 2.24) is 5.32 Å². The number of hydrogen-bond donors (Lipinski definition) is 1. The van der Waals surface area contributed by atoms with Crippen molar-refractivity contribution < 1.29 is 13.9 Å². The Morgan fingerprint density at radius 2 is 2.33 bits per heavy atom. The van der Waals surface area contributed by atoms with E-state index in [-0.39, 0.29) is 16.8 Å². The highest BCUT2D eigenvalue weighted by Gasteiger charge is 2.11. The zero-order valence-electron chi connectivity index (χ0n) is 9.88. The van der Waals surface area contributed by atoms with Gasteiger partial charge >= 0.3 is 0 Å². The Bertz CT molecular complexity index is 417. The summed E-state index contributed by atoms with van der Waals surface area (Å²) in [7, 11) is 1.57. The molecule has 3 nitrogen and oxygen atoms in total. The Morgan fingerprint density at radius 3 is 3.00 bits per heavy atom. The minimum absolute atomic E-state index is 0.147. The highest BCUT2D eigenvalue weighted by atomic mass is 79.9. The van der Waals surface area contributed by atoms with E-state index in [1.807, 2.05) is 0 Å². The predicted octanol–water partition coefficient (Wildman–Crippen LogP) is 2.96. The molecule has 0 aliphatic heterocycles. The molecule has 0 aliphatic carbocycles. The van der Waals surface area contributed by atoms with Crippen molar-refractivity contribution in [2.24, 2.45) is 0 Å². The van der Waals surface area contributed by atoms with Crippen LogP contribution in [0.5, 0.6) is 0 Å². The van der Waals surface area contributed by atoms with Crippen LogP contribution in [-0.2, 0) is 4.74 Å². The number of ether oxygens (including phenoxy) is 1. The molecule has 100 valence electrons. The maximum Gasteiger partial charge on any atom is 0.252 e. The van der Waals surface area contributed by atoms with Gasteiger partial charge in [0.25, 0.3) is 5.91 Å². The van der Waals surface area contributed by atoms with E-state index in [0.29, 0.717) is 24.0 Å². The normalized spacial score (nSPS) is 12.2. The third-order valence-corrected chi connectivity index (χ3v) is 3.30. The van der Waals surface area contributed by atoms with Gasteiger partial charge in [-0.15, -0.1) is 11.6 Å². The lowest BCUT2D eigenvalue weighted by Crippen LogP contribution is -2.27. The van der Waals surface area contributed by atoms with E-state index in [1.165, 1.54) is 18.2 Å². The fourth-order valence-electron chi connectivity index (χ4n) is 1.37. The summed E-state index contributed by atoms with van der Waals surface area (Å²) < 4.78 is 18.5. The Labute approximate surface area is 119 Å². The topological polar surface area (TPSA) is 38.3 Å². The number of carbonyl (C=O) groups is 1. The van der Waals surface area contributed by atoms with E-state index in [0.717, 1.165) is 0 Å². The van der Waals surface area contributed by atoms with Crippen LogP contribution in [0, 0.1) is 5.82 Å². The van der Waals surface area contributed by atoms with Crippen molar-refractivity contribution >= 4 is 33.4 Å². The van der Waals surface area contributed by atoms with Crippen LogP contribution in [0.25, 0.3) is 0 Å². The second-order valence-corrected chi connectivity index (χ2v) is 5.19. The number of nitrogens with one attached hydrogen (secondary N) is 1. The summed E-state index contributed by atoms with van der Waals surface area (Å²) in [5, 5.41) is 2.53. The van der Waals surface area contributed by atoms with Gasteiger partial charge in [-0.25, -0.2) is 4.39 Å². The van der Waals surface area contributed by atoms with Crippen LogP contribution in [0.3, 0.4) is 0 Å². The molecule has 0 radical (unpaired) electrons. The smallest absolute Gasteiger partial charge is 0.252 e. The standard InChI is InChI=1S/C12H14BrClFNO2/c1-18-7-8(14)4-5-16-12(17)10-6-9(15)2-3-11(10)13/h2-3,6,8H,4-5,7H2,1H3,(H,16,17).